The first-order valence-corrected chi connectivity index (χ1v) is 15.9. The van der Waals surface area contributed by atoms with E-state index in [1.807, 2.05) is 18.7 Å². The third-order valence-electron chi connectivity index (χ3n) is 9.83. The summed E-state index contributed by atoms with van der Waals surface area (Å²) in [6.45, 7) is 9.94. The smallest absolute Gasteiger partial charge is 0.265 e. The summed E-state index contributed by atoms with van der Waals surface area (Å²) >= 11 is 1.34. The van der Waals surface area contributed by atoms with Gasteiger partial charge in [-0.05, 0) is 44.4 Å². The van der Waals surface area contributed by atoms with E-state index in [0.717, 1.165) is 24.3 Å². The highest BCUT2D eigenvalue weighted by atomic mass is 32.1. The Morgan fingerprint density at radius 3 is 2.34 bits per heavy atom. The lowest BCUT2D eigenvalue weighted by Gasteiger charge is -2.50. The van der Waals surface area contributed by atoms with Crippen molar-refractivity contribution in [2.45, 2.75) is 78.4 Å². The van der Waals surface area contributed by atoms with Crippen LogP contribution in [0.3, 0.4) is 0 Å². The van der Waals surface area contributed by atoms with E-state index in [-0.39, 0.29) is 41.5 Å². The lowest BCUT2D eigenvalue weighted by molar-refractivity contribution is -0.152. The maximum absolute atomic E-state index is 13.9. The minimum absolute atomic E-state index is 0.0197. The number of carbonyl (C=O) groups excluding carboxylic acids is 4. The van der Waals surface area contributed by atoms with Gasteiger partial charge in [-0.2, -0.15) is 0 Å². The van der Waals surface area contributed by atoms with Crippen molar-refractivity contribution in [2.24, 2.45) is 28.6 Å². The van der Waals surface area contributed by atoms with Gasteiger partial charge >= 0.3 is 0 Å². The number of amides is 4. The lowest BCUT2D eigenvalue weighted by Crippen LogP contribution is -2.65. The van der Waals surface area contributed by atoms with E-state index < -0.39 is 23.5 Å². The van der Waals surface area contributed by atoms with Gasteiger partial charge in [-0.3, -0.25) is 19.2 Å². The van der Waals surface area contributed by atoms with Crippen LogP contribution >= 0.6 is 11.3 Å². The largest absolute Gasteiger partial charge is 0.376 e. The molecule has 11 heteroatoms. The second kappa shape index (κ2) is 11.6. The maximum Gasteiger partial charge on any atom is 0.265 e. The van der Waals surface area contributed by atoms with Crippen LogP contribution in [0, 0.1) is 35.5 Å². The Morgan fingerprint density at radius 2 is 1.76 bits per heavy atom. The standard InChI is InChI=1S/C30H45N5O5S/c1-18(40-14-20-9-7-6-8-10-20)24(26(37)31-5)33-25(36)22-13-34(28(39)23-12-32-19(2)41-23)15-30(22)16-35(17-30)27(38)21-11-29(21,3)4/h12,18,20-22,24H,6-11,13-17H2,1-5H3,(H,31,37)(H,33,36)/t18-,21-,22-,24+/m1/s1. The van der Waals surface area contributed by atoms with Crippen LogP contribution in [-0.4, -0.2) is 90.4 Å². The van der Waals surface area contributed by atoms with Crippen LogP contribution < -0.4 is 10.6 Å². The minimum Gasteiger partial charge on any atom is -0.376 e. The molecule has 0 radical (unpaired) electrons. The number of hydrogen-bond acceptors (Lipinski definition) is 7. The quantitative estimate of drug-likeness (QED) is 0.458. The molecular formula is C30H45N5O5S. The highest BCUT2D eigenvalue weighted by molar-refractivity contribution is 7.13. The van der Waals surface area contributed by atoms with Gasteiger partial charge in [0.05, 0.1) is 23.2 Å². The normalized spacial score (nSPS) is 26.3. The molecule has 0 aromatic carbocycles. The van der Waals surface area contributed by atoms with Gasteiger partial charge in [-0.25, -0.2) is 4.98 Å². The molecule has 2 saturated heterocycles. The summed E-state index contributed by atoms with van der Waals surface area (Å²) in [5.41, 5.74) is -0.527. The molecule has 3 heterocycles. The number of rotatable bonds is 9. The SMILES string of the molecule is CNC(=O)[C@@H](NC(=O)[C@H]1CN(C(=O)c2cnc(C)s2)CC12CN(C(=O)[C@H]1CC1(C)C)C2)[C@@H](C)OCC1CCCCC1. The highest BCUT2D eigenvalue weighted by Gasteiger charge is 2.62. The summed E-state index contributed by atoms with van der Waals surface area (Å²) in [4.78, 5) is 61.7. The van der Waals surface area contributed by atoms with E-state index in [1.165, 1.54) is 30.6 Å². The van der Waals surface area contributed by atoms with Crippen LogP contribution in [0.25, 0.3) is 0 Å². The number of aryl methyl sites for hydroxylation is 1. The van der Waals surface area contributed by atoms with E-state index in [2.05, 4.69) is 29.5 Å². The van der Waals surface area contributed by atoms with Crippen LogP contribution in [-0.2, 0) is 19.1 Å². The van der Waals surface area contributed by atoms with Gasteiger partial charge in [0.25, 0.3) is 5.91 Å². The Hall–Kier alpha value is -2.53. The number of ether oxygens (including phenoxy) is 1. The van der Waals surface area contributed by atoms with Crippen molar-refractivity contribution in [3.8, 4) is 0 Å². The van der Waals surface area contributed by atoms with Crippen molar-refractivity contribution in [1.29, 1.82) is 0 Å². The summed E-state index contributed by atoms with van der Waals surface area (Å²) in [6, 6.07) is -0.855. The van der Waals surface area contributed by atoms with Gasteiger partial charge < -0.3 is 25.2 Å². The molecular weight excluding hydrogens is 542 g/mol. The maximum atomic E-state index is 13.9. The molecule has 2 aliphatic heterocycles. The average molecular weight is 588 g/mol. The molecule has 10 nitrogen and oxygen atoms in total. The van der Waals surface area contributed by atoms with Gasteiger partial charge in [0.2, 0.25) is 17.7 Å². The van der Waals surface area contributed by atoms with E-state index in [9.17, 15) is 19.2 Å². The van der Waals surface area contributed by atoms with Crippen LogP contribution in [0.1, 0.15) is 74.0 Å². The summed E-state index contributed by atoms with van der Waals surface area (Å²) in [5, 5.41) is 6.47. The van der Waals surface area contributed by atoms with E-state index in [0.29, 0.717) is 37.0 Å². The fourth-order valence-corrected chi connectivity index (χ4v) is 7.69. The second-order valence-electron chi connectivity index (χ2n) is 13.4. The first kappa shape index (κ1) is 29.9. The Morgan fingerprint density at radius 1 is 1.10 bits per heavy atom. The first-order chi connectivity index (χ1) is 19.4. The van der Waals surface area contributed by atoms with Gasteiger partial charge in [-0.1, -0.05) is 33.1 Å². The van der Waals surface area contributed by atoms with Crippen molar-refractivity contribution < 1.29 is 23.9 Å². The molecule has 2 N–H and O–H groups in total. The van der Waals surface area contributed by atoms with Crippen LogP contribution in [0.15, 0.2) is 6.20 Å². The highest BCUT2D eigenvalue weighted by Crippen LogP contribution is 2.54. The summed E-state index contributed by atoms with van der Waals surface area (Å²) < 4.78 is 6.14. The summed E-state index contributed by atoms with van der Waals surface area (Å²) in [5.74, 6) is -0.644. The number of nitrogens with zero attached hydrogens (tertiary/aromatic N) is 3. The second-order valence-corrected chi connectivity index (χ2v) is 14.7. The Bertz CT molecular complexity index is 1170. The zero-order valence-electron chi connectivity index (χ0n) is 25.0. The monoisotopic (exact) mass is 587 g/mol. The molecule has 4 aliphatic rings. The third kappa shape index (κ3) is 6.16. The van der Waals surface area contributed by atoms with Gasteiger partial charge in [-0.15, -0.1) is 11.3 Å². The minimum atomic E-state index is -0.855. The molecule has 2 saturated carbocycles. The summed E-state index contributed by atoms with van der Waals surface area (Å²) in [6.07, 6.45) is 7.88. The Labute approximate surface area is 247 Å². The number of hydrogen-bond donors (Lipinski definition) is 2. The topological polar surface area (TPSA) is 121 Å². The number of likely N-dealkylation sites (N-methyl/N-ethyl adjacent to an activating group) is 1. The van der Waals surface area contributed by atoms with Gasteiger partial charge in [0.1, 0.15) is 10.9 Å². The van der Waals surface area contributed by atoms with Crippen LogP contribution in [0.5, 0.6) is 0 Å². The Balaban J connectivity index is 1.29. The van der Waals surface area contributed by atoms with E-state index in [1.54, 1.807) is 18.1 Å². The fourth-order valence-electron chi connectivity index (χ4n) is 6.94. The van der Waals surface area contributed by atoms with E-state index in [4.69, 9.17) is 4.74 Å². The zero-order valence-corrected chi connectivity index (χ0v) is 25.8. The molecule has 1 spiro atoms. The number of nitrogens with one attached hydrogen (secondary N) is 2. The fraction of sp³-hybridized carbons (Fsp3) is 0.767. The van der Waals surface area contributed by atoms with Crippen LogP contribution in [0.4, 0.5) is 0 Å². The van der Waals surface area contributed by atoms with Crippen molar-refractivity contribution in [3.63, 3.8) is 0 Å². The van der Waals surface area contributed by atoms with Crippen molar-refractivity contribution in [3.05, 3.63) is 16.1 Å². The molecule has 2 aliphatic carbocycles. The molecule has 41 heavy (non-hydrogen) atoms. The Kier molecular flexibility index (Phi) is 8.49. The molecule has 0 bridgehead atoms. The number of carbonyl (C=O) groups is 4. The number of aromatic nitrogens is 1. The van der Waals surface area contributed by atoms with Crippen molar-refractivity contribution >= 4 is 35.0 Å². The predicted molar refractivity (Wildman–Crippen MR) is 155 cm³/mol. The van der Waals surface area contributed by atoms with Gasteiger partial charge in [0.15, 0.2) is 0 Å². The predicted octanol–water partition coefficient (Wildman–Crippen LogP) is 2.61. The van der Waals surface area contributed by atoms with E-state index >= 15 is 0 Å². The molecule has 0 unspecified atom stereocenters. The molecule has 226 valence electrons. The molecule has 4 atom stereocenters. The number of thiazole rings is 1. The molecule has 5 rings (SSSR count). The zero-order chi connectivity index (χ0) is 29.5. The number of likely N-dealkylation sites (tertiary alicyclic amines) is 2. The van der Waals surface area contributed by atoms with Crippen LogP contribution in [0.2, 0.25) is 0 Å². The van der Waals surface area contributed by atoms with Crippen molar-refractivity contribution in [2.75, 3.05) is 39.8 Å². The molecule has 1 aromatic heterocycles. The average Bonchev–Trinajstić information content (AvgIpc) is 3.24. The third-order valence-corrected chi connectivity index (χ3v) is 10.7. The lowest BCUT2D eigenvalue weighted by atomic mass is 9.70. The van der Waals surface area contributed by atoms with Gasteiger partial charge in [0, 0.05) is 51.2 Å². The molecule has 1 aromatic rings. The molecule has 4 amide bonds. The first-order valence-electron chi connectivity index (χ1n) is 15.1. The van der Waals surface area contributed by atoms with Crippen molar-refractivity contribution in [1.82, 2.24) is 25.4 Å². The summed E-state index contributed by atoms with van der Waals surface area (Å²) in [7, 11) is 1.55. The molecule has 4 fully saturated rings.